The summed E-state index contributed by atoms with van der Waals surface area (Å²) in [7, 11) is -3.58. The van der Waals surface area contributed by atoms with E-state index >= 15 is 0 Å². The Balaban J connectivity index is 0.000000671. The summed E-state index contributed by atoms with van der Waals surface area (Å²) in [6, 6.07) is 5.70. The van der Waals surface area contributed by atoms with Crippen molar-refractivity contribution in [2.24, 2.45) is 5.14 Å². The van der Waals surface area contributed by atoms with Crippen LogP contribution in [0.5, 0.6) is 0 Å². The molecule has 72 valence electrons. The molecular weight excluding hydrogens is 188 g/mol. The standard InChI is InChI=1S/C6H8N2O2S.C2H4/c7-5-1-3-6(4-2-5)11(8,9)10;1-2/h1-4H,7H2,(H2,8,9,10);1-2H2. The Bertz CT molecular complexity index is 356. The van der Waals surface area contributed by atoms with Crippen LogP contribution in [0.2, 0.25) is 0 Å². The lowest BCUT2D eigenvalue weighted by molar-refractivity contribution is 0.598. The van der Waals surface area contributed by atoms with Crippen LogP contribution in [-0.4, -0.2) is 8.42 Å². The van der Waals surface area contributed by atoms with Gasteiger partial charge < -0.3 is 5.73 Å². The number of benzene rings is 1. The Labute approximate surface area is 77.9 Å². The molecule has 0 atom stereocenters. The highest BCUT2D eigenvalue weighted by Gasteiger charge is 2.04. The molecule has 0 radical (unpaired) electrons. The molecule has 1 aromatic rings. The second kappa shape index (κ2) is 4.64. The minimum atomic E-state index is -3.58. The molecule has 0 aliphatic heterocycles. The lowest BCUT2D eigenvalue weighted by Gasteiger charge is -1.96. The van der Waals surface area contributed by atoms with E-state index in [1.807, 2.05) is 0 Å². The third-order valence-electron chi connectivity index (χ3n) is 1.21. The van der Waals surface area contributed by atoms with E-state index in [-0.39, 0.29) is 4.90 Å². The van der Waals surface area contributed by atoms with E-state index in [4.69, 9.17) is 10.9 Å². The Hall–Kier alpha value is -1.33. The van der Waals surface area contributed by atoms with Gasteiger partial charge in [0.25, 0.3) is 0 Å². The molecule has 0 spiro atoms. The second-order valence-corrected chi connectivity index (χ2v) is 3.68. The summed E-state index contributed by atoms with van der Waals surface area (Å²) < 4.78 is 21.4. The number of anilines is 1. The third kappa shape index (κ3) is 3.73. The molecule has 0 aliphatic rings. The number of primary sulfonamides is 1. The van der Waals surface area contributed by atoms with Crippen LogP contribution in [0.1, 0.15) is 0 Å². The van der Waals surface area contributed by atoms with Crippen molar-refractivity contribution < 1.29 is 8.42 Å². The van der Waals surface area contributed by atoms with Gasteiger partial charge in [0, 0.05) is 5.69 Å². The maximum atomic E-state index is 10.7. The molecule has 0 amide bonds. The minimum Gasteiger partial charge on any atom is -0.399 e. The molecule has 13 heavy (non-hydrogen) atoms. The lowest BCUT2D eigenvalue weighted by atomic mass is 10.3. The maximum Gasteiger partial charge on any atom is 0.238 e. The molecule has 4 nitrogen and oxygen atoms in total. The van der Waals surface area contributed by atoms with Crippen LogP contribution in [0.15, 0.2) is 42.3 Å². The monoisotopic (exact) mass is 200 g/mol. The van der Waals surface area contributed by atoms with Crippen LogP contribution in [0.25, 0.3) is 0 Å². The number of nitrogens with two attached hydrogens (primary N) is 2. The van der Waals surface area contributed by atoms with Crippen molar-refractivity contribution in [2.75, 3.05) is 5.73 Å². The SMILES string of the molecule is C=C.Nc1ccc(S(N)(=O)=O)cc1. The van der Waals surface area contributed by atoms with Crippen LogP contribution in [-0.2, 0) is 10.0 Å². The van der Waals surface area contributed by atoms with Crippen molar-refractivity contribution in [3.63, 3.8) is 0 Å². The number of sulfonamides is 1. The van der Waals surface area contributed by atoms with Gasteiger partial charge in [-0.3, -0.25) is 0 Å². The van der Waals surface area contributed by atoms with E-state index < -0.39 is 10.0 Å². The molecule has 0 saturated carbocycles. The van der Waals surface area contributed by atoms with Crippen molar-refractivity contribution in [3.8, 4) is 0 Å². The van der Waals surface area contributed by atoms with Gasteiger partial charge in [-0.2, -0.15) is 0 Å². The molecular formula is C8H12N2O2S. The maximum absolute atomic E-state index is 10.7. The van der Waals surface area contributed by atoms with E-state index in [1.54, 1.807) is 0 Å². The first kappa shape index (κ1) is 11.7. The molecule has 0 heterocycles. The van der Waals surface area contributed by atoms with Crippen LogP contribution < -0.4 is 10.9 Å². The average molecular weight is 200 g/mol. The van der Waals surface area contributed by atoms with Crippen molar-refractivity contribution in [1.82, 2.24) is 0 Å². The molecule has 0 aromatic heterocycles. The predicted octanol–water partition coefficient (Wildman–Crippen LogP) is 0.718. The van der Waals surface area contributed by atoms with Gasteiger partial charge in [-0.1, -0.05) is 0 Å². The highest BCUT2D eigenvalue weighted by molar-refractivity contribution is 7.89. The fraction of sp³-hybridized carbons (Fsp3) is 0. The van der Waals surface area contributed by atoms with Crippen LogP contribution in [0.4, 0.5) is 5.69 Å². The summed E-state index contributed by atoms with van der Waals surface area (Å²) in [4.78, 5) is 0.0756. The highest BCUT2D eigenvalue weighted by atomic mass is 32.2. The smallest absolute Gasteiger partial charge is 0.238 e. The summed E-state index contributed by atoms with van der Waals surface area (Å²) in [5.74, 6) is 0. The molecule has 0 aliphatic carbocycles. The Morgan fingerprint density at radius 2 is 1.46 bits per heavy atom. The molecule has 0 bridgehead atoms. The van der Waals surface area contributed by atoms with E-state index in [0.717, 1.165) is 0 Å². The predicted molar refractivity (Wildman–Crippen MR) is 53.5 cm³/mol. The van der Waals surface area contributed by atoms with Crippen LogP contribution in [0.3, 0.4) is 0 Å². The summed E-state index contributed by atoms with van der Waals surface area (Å²) in [6.45, 7) is 6.00. The number of rotatable bonds is 1. The third-order valence-corrected chi connectivity index (χ3v) is 2.14. The summed E-state index contributed by atoms with van der Waals surface area (Å²) in [6.07, 6.45) is 0. The molecule has 0 saturated heterocycles. The fourth-order valence-electron chi connectivity index (χ4n) is 0.658. The zero-order valence-corrected chi connectivity index (χ0v) is 7.92. The minimum absolute atomic E-state index is 0.0756. The van der Waals surface area contributed by atoms with Gasteiger partial charge in [0.1, 0.15) is 0 Å². The Morgan fingerprint density at radius 1 is 1.08 bits per heavy atom. The lowest BCUT2D eigenvalue weighted by Crippen LogP contribution is -2.11. The molecule has 5 heteroatoms. The van der Waals surface area contributed by atoms with Crippen LogP contribution in [0, 0.1) is 0 Å². The zero-order chi connectivity index (χ0) is 10.5. The van der Waals surface area contributed by atoms with Gasteiger partial charge in [0.05, 0.1) is 4.90 Å². The van der Waals surface area contributed by atoms with E-state index in [2.05, 4.69) is 13.2 Å². The fourth-order valence-corrected chi connectivity index (χ4v) is 1.17. The van der Waals surface area contributed by atoms with Crippen molar-refractivity contribution in [2.45, 2.75) is 4.90 Å². The number of hydrogen-bond acceptors (Lipinski definition) is 3. The van der Waals surface area contributed by atoms with E-state index in [1.165, 1.54) is 24.3 Å². The number of hydrogen-bond donors (Lipinski definition) is 2. The quantitative estimate of drug-likeness (QED) is 0.517. The van der Waals surface area contributed by atoms with Gasteiger partial charge in [0.2, 0.25) is 10.0 Å². The molecule has 0 unspecified atom stereocenters. The van der Waals surface area contributed by atoms with Crippen LogP contribution >= 0.6 is 0 Å². The zero-order valence-electron chi connectivity index (χ0n) is 7.10. The highest BCUT2D eigenvalue weighted by Crippen LogP contribution is 2.08. The normalized spacial score (nSPS) is 9.92. The van der Waals surface area contributed by atoms with E-state index in [0.29, 0.717) is 5.69 Å². The van der Waals surface area contributed by atoms with Gasteiger partial charge >= 0.3 is 0 Å². The Morgan fingerprint density at radius 3 is 1.77 bits per heavy atom. The van der Waals surface area contributed by atoms with Gasteiger partial charge in [-0.25, -0.2) is 13.6 Å². The first-order chi connectivity index (χ1) is 6.00. The topological polar surface area (TPSA) is 86.2 Å². The second-order valence-electron chi connectivity index (χ2n) is 2.11. The largest absolute Gasteiger partial charge is 0.399 e. The van der Waals surface area contributed by atoms with Gasteiger partial charge in [0.15, 0.2) is 0 Å². The van der Waals surface area contributed by atoms with Crippen molar-refractivity contribution >= 4 is 15.7 Å². The summed E-state index contributed by atoms with van der Waals surface area (Å²) in [5.41, 5.74) is 5.85. The molecule has 4 N–H and O–H groups in total. The first-order valence-electron chi connectivity index (χ1n) is 3.38. The molecule has 1 aromatic carbocycles. The first-order valence-corrected chi connectivity index (χ1v) is 4.93. The average Bonchev–Trinajstić information content (AvgIpc) is 2.07. The van der Waals surface area contributed by atoms with Gasteiger partial charge in [-0.05, 0) is 24.3 Å². The van der Waals surface area contributed by atoms with Crippen molar-refractivity contribution in [3.05, 3.63) is 37.4 Å². The Kier molecular flexibility index (Phi) is 4.16. The number of nitrogen functional groups attached to an aromatic ring is 1. The van der Waals surface area contributed by atoms with Crippen molar-refractivity contribution in [1.29, 1.82) is 0 Å². The van der Waals surface area contributed by atoms with Gasteiger partial charge in [-0.15, -0.1) is 13.2 Å². The molecule has 1 rings (SSSR count). The summed E-state index contributed by atoms with van der Waals surface area (Å²) >= 11 is 0. The van der Waals surface area contributed by atoms with E-state index in [9.17, 15) is 8.42 Å². The molecule has 0 fully saturated rings. The summed E-state index contributed by atoms with van der Waals surface area (Å²) in [5, 5.41) is 4.84.